The Kier molecular flexibility index (Phi) is 3.77. The molecule has 0 fully saturated rings. The van der Waals surface area contributed by atoms with E-state index in [1.165, 1.54) is 0 Å². The monoisotopic (exact) mass is 266 g/mol. The maximum Gasteiger partial charge on any atom is 0.240 e. The van der Waals surface area contributed by atoms with Crippen molar-refractivity contribution in [2.24, 2.45) is 0 Å². The average molecular weight is 266 g/mol. The second-order valence-corrected chi connectivity index (χ2v) is 6.09. The first-order chi connectivity index (χ1) is 8.45. The molecule has 0 saturated carbocycles. The van der Waals surface area contributed by atoms with Crippen molar-refractivity contribution in [1.29, 1.82) is 0 Å². The highest BCUT2D eigenvalue weighted by atomic mass is 32.1. The topological polar surface area (TPSA) is 63.8 Å². The third-order valence-electron chi connectivity index (χ3n) is 2.35. The van der Waals surface area contributed by atoms with Gasteiger partial charge in [-0.1, -0.05) is 25.9 Å². The summed E-state index contributed by atoms with van der Waals surface area (Å²) >= 11 is 1.70. The summed E-state index contributed by atoms with van der Waals surface area (Å²) in [6.45, 7) is 9.61. The Hall–Kier alpha value is -1.27. The van der Waals surface area contributed by atoms with Crippen molar-refractivity contribution >= 4 is 11.3 Å². The van der Waals surface area contributed by atoms with Crippen molar-refractivity contribution in [3.63, 3.8) is 0 Å². The Balaban J connectivity index is 1.85. The second-order valence-electron chi connectivity index (χ2n) is 5.23. The first-order valence-corrected chi connectivity index (χ1v) is 6.78. The molecule has 1 N–H and O–H groups in total. The minimum atomic E-state index is 0.118. The molecule has 0 saturated heterocycles. The molecule has 2 aromatic rings. The number of aryl methyl sites for hydroxylation is 1. The molecule has 2 aromatic heterocycles. The number of aromatic nitrogens is 3. The highest BCUT2D eigenvalue weighted by molar-refractivity contribution is 7.09. The predicted octanol–water partition coefficient (Wildman–Crippen LogP) is 2.42. The molecule has 6 heteroatoms. The Labute approximate surface area is 111 Å². The number of rotatable bonds is 4. The number of hydrogen-bond donors (Lipinski definition) is 1. The third-order valence-corrected chi connectivity index (χ3v) is 3.66. The van der Waals surface area contributed by atoms with E-state index in [1.54, 1.807) is 11.3 Å². The molecule has 98 valence electrons. The lowest BCUT2D eigenvalue weighted by atomic mass is 9.98. The normalized spacial score (nSPS) is 12.0. The van der Waals surface area contributed by atoms with Gasteiger partial charge in [-0.2, -0.15) is 4.98 Å². The number of nitrogens with one attached hydrogen (secondary N) is 1. The van der Waals surface area contributed by atoms with Crippen LogP contribution < -0.4 is 5.32 Å². The van der Waals surface area contributed by atoms with E-state index in [-0.39, 0.29) is 5.41 Å². The molecule has 5 nitrogen and oxygen atoms in total. The van der Waals surface area contributed by atoms with E-state index in [4.69, 9.17) is 4.52 Å². The van der Waals surface area contributed by atoms with Crippen LogP contribution in [0, 0.1) is 6.92 Å². The van der Waals surface area contributed by atoms with Gasteiger partial charge in [0.05, 0.1) is 17.2 Å². The summed E-state index contributed by atoms with van der Waals surface area (Å²) in [7, 11) is 0. The van der Waals surface area contributed by atoms with Gasteiger partial charge in [0.15, 0.2) is 5.82 Å². The Bertz CT molecular complexity index is 512. The van der Waals surface area contributed by atoms with Gasteiger partial charge in [0, 0.05) is 17.3 Å². The number of nitrogens with zero attached hydrogens (tertiary/aromatic N) is 3. The molecule has 0 aliphatic rings. The molecule has 0 radical (unpaired) electrons. The van der Waals surface area contributed by atoms with Crippen LogP contribution in [0.2, 0.25) is 0 Å². The van der Waals surface area contributed by atoms with Crippen LogP contribution >= 0.6 is 11.3 Å². The first-order valence-electron chi connectivity index (χ1n) is 5.90. The molecule has 0 atom stereocenters. The van der Waals surface area contributed by atoms with Gasteiger partial charge >= 0.3 is 0 Å². The standard InChI is InChI=1S/C12H18N4OS/c1-8-14-10(17-16-8)6-13-5-9-7-18-11(15-9)12(2,3)4/h7,13H,5-6H2,1-4H3. The van der Waals surface area contributed by atoms with Crippen LogP contribution in [0.1, 0.15) is 43.2 Å². The largest absolute Gasteiger partial charge is 0.338 e. The van der Waals surface area contributed by atoms with E-state index in [1.807, 2.05) is 6.92 Å². The van der Waals surface area contributed by atoms with Gasteiger partial charge in [0.25, 0.3) is 0 Å². The van der Waals surface area contributed by atoms with Crippen LogP contribution in [-0.2, 0) is 18.5 Å². The summed E-state index contributed by atoms with van der Waals surface area (Å²) in [5, 5.41) is 10.2. The molecule has 18 heavy (non-hydrogen) atoms. The molecule has 0 spiro atoms. The van der Waals surface area contributed by atoms with Gasteiger partial charge < -0.3 is 9.84 Å². The Morgan fingerprint density at radius 3 is 2.61 bits per heavy atom. The average Bonchev–Trinajstić information content (AvgIpc) is 2.87. The molecule has 0 unspecified atom stereocenters. The fourth-order valence-corrected chi connectivity index (χ4v) is 2.35. The highest BCUT2D eigenvalue weighted by Crippen LogP contribution is 2.25. The zero-order chi connectivity index (χ0) is 13.2. The molecular weight excluding hydrogens is 248 g/mol. The predicted molar refractivity (Wildman–Crippen MR) is 70.4 cm³/mol. The smallest absolute Gasteiger partial charge is 0.240 e. The van der Waals surface area contributed by atoms with Gasteiger partial charge in [-0.15, -0.1) is 11.3 Å². The van der Waals surface area contributed by atoms with Crippen molar-refractivity contribution in [1.82, 2.24) is 20.4 Å². The maximum atomic E-state index is 5.02. The Morgan fingerprint density at radius 2 is 2.06 bits per heavy atom. The maximum absolute atomic E-state index is 5.02. The summed E-state index contributed by atoms with van der Waals surface area (Å²) < 4.78 is 5.02. The third kappa shape index (κ3) is 3.36. The molecule has 0 aliphatic carbocycles. The summed E-state index contributed by atoms with van der Waals surface area (Å²) in [5.74, 6) is 1.27. The number of thiazole rings is 1. The molecule has 2 heterocycles. The van der Waals surface area contributed by atoms with Crippen molar-refractivity contribution < 1.29 is 4.52 Å². The minimum Gasteiger partial charge on any atom is -0.338 e. The molecule has 0 bridgehead atoms. The van der Waals surface area contributed by atoms with Crippen LogP contribution in [-0.4, -0.2) is 15.1 Å². The van der Waals surface area contributed by atoms with E-state index in [9.17, 15) is 0 Å². The first kappa shape index (κ1) is 13.2. The number of hydrogen-bond acceptors (Lipinski definition) is 6. The summed E-state index contributed by atoms with van der Waals surface area (Å²) in [4.78, 5) is 8.74. The molecule has 0 aliphatic heterocycles. The van der Waals surface area contributed by atoms with Crippen molar-refractivity contribution in [3.8, 4) is 0 Å². The fraction of sp³-hybridized carbons (Fsp3) is 0.583. The van der Waals surface area contributed by atoms with E-state index >= 15 is 0 Å². The van der Waals surface area contributed by atoms with E-state index < -0.39 is 0 Å². The van der Waals surface area contributed by atoms with Gasteiger partial charge in [0.1, 0.15) is 0 Å². The van der Waals surface area contributed by atoms with Crippen molar-refractivity contribution in [2.75, 3.05) is 0 Å². The quantitative estimate of drug-likeness (QED) is 0.920. The van der Waals surface area contributed by atoms with Crippen LogP contribution in [0.4, 0.5) is 0 Å². The zero-order valence-electron chi connectivity index (χ0n) is 11.1. The lowest BCUT2D eigenvalue weighted by molar-refractivity contribution is 0.363. The highest BCUT2D eigenvalue weighted by Gasteiger charge is 2.17. The fourth-order valence-electron chi connectivity index (χ4n) is 1.44. The summed E-state index contributed by atoms with van der Waals surface area (Å²) in [6, 6.07) is 0. The van der Waals surface area contributed by atoms with Crippen molar-refractivity contribution in [3.05, 3.63) is 27.8 Å². The van der Waals surface area contributed by atoms with Crippen LogP contribution in [0.25, 0.3) is 0 Å². The van der Waals surface area contributed by atoms with Gasteiger partial charge in [0.2, 0.25) is 5.89 Å². The second kappa shape index (κ2) is 5.16. The van der Waals surface area contributed by atoms with Gasteiger partial charge in [-0.25, -0.2) is 4.98 Å². The molecule has 0 aromatic carbocycles. The minimum absolute atomic E-state index is 0.118. The molecule has 0 amide bonds. The van der Waals surface area contributed by atoms with E-state index in [0.717, 1.165) is 10.7 Å². The van der Waals surface area contributed by atoms with E-state index in [0.29, 0.717) is 24.8 Å². The Morgan fingerprint density at radius 1 is 1.28 bits per heavy atom. The van der Waals surface area contributed by atoms with Crippen molar-refractivity contribution in [2.45, 2.75) is 46.2 Å². The van der Waals surface area contributed by atoms with Crippen LogP contribution in [0.3, 0.4) is 0 Å². The molecular formula is C12H18N4OS. The molecule has 2 rings (SSSR count). The lowest BCUT2D eigenvalue weighted by Gasteiger charge is -2.13. The summed E-state index contributed by atoms with van der Waals surface area (Å²) in [5.41, 5.74) is 1.17. The lowest BCUT2D eigenvalue weighted by Crippen LogP contribution is -2.14. The van der Waals surface area contributed by atoms with Crippen LogP contribution in [0.15, 0.2) is 9.90 Å². The SMILES string of the molecule is Cc1noc(CNCc2csc(C(C)(C)C)n2)n1. The van der Waals surface area contributed by atoms with Crippen LogP contribution in [0.5, 0.6) is 0 Å². The van der Waals surface area contributed by atoms with E-state index in [2.05, 4.69) is 46.6 Å². The van der Waals surface area contributed by atoms with Gasteiger partial charge in [-0.3, -0.25) is 0 Å². The van der Waals surface area contributed by atoms with Gasteiger partial charge in [-0.05, 0) is 6.92 Å². The zero-order valence-corrected chi connectivity index (χ0v) is 12.0. The summed E-state index contributed by atoms with van der Waals surface area (Å²) in [6.07, 6.45) is 0.